The Morgan fingerprint density at radius 1 is 1.24 bits per heavy atom. The van der Waals surface area contributed by atoms with E-state index in [9.17, 15) is 14.4 Å². The lowest BCUT2D eigenvalue weighted by molar-refractivity contribution is -0.125. The number of hydrogen-bond acceptors (Lipinski definition) is 8. The van der Waals surface area contributed by atoms with Crippen LogP contribution in [0.4, 0.5) is 5.69 Å². The number of carbonyl (C=O) groups is 3. The quantitative estimate of drug-likeness (QED) is 0.540. The molecule has 1 fully saturated rings. The molecule has 2 aliphatic heterocycles. The number of amides is 3. The summed E-state index contributed by atoms with van der Waals surface area (Å²) in [6, 6.07) is 8.90. The van der Waals surface area contributed by atoms with E-state index in [2.05, 4.69) is 25.2 Å². The van der Waals surface area contributed by atoms with Crippen molar-refractivity contribution in [2.75, 3.05) is 18.0 Å². The molecule has 2 aromatic heterocycles. The Morgan fingerprint density at radius 2 is 2.09 bits per heavy atom. The first kappa shape index (κ1) is 22.3. The van der Waals surface area contributed by atoms with Crippen LogP contribution in [-0.4, -0.2) is 46.0 Å². The number of aromatic nitrogens is 2. The van der Waals surface area contributed by atoms with Crippen LogP contribution in [0.5, 0.6) is 0 Å². The summed E-state index contributed by atoms with van der Waals surface area (Å²) in [7, 11) is 0. The smallest absolute Gasteiger partial charge is 0.264 e. The minimum Gasteiger partial charge on any atom is -0.370 e. The normalized spacial score (nSPS) is 18.8. The van der Waals surface area contributed by atoms with Crippen LogP contribution in [0.15, 0.2) is 40.3 Å². The van der Waals surface area contributed by atoms with Crippen molar-refractivity contribution in [3.05, 3.63) is 63.1 Å². The number of piperidine rings is 1. The Balaban J connectivity index is 1.34. The third kappa shape index (κ3) is 3.87. The number of fused-ring (bicyclic) bond motifs is 1. The molecular weight excluding hydrogens is 454 g/mol. The molecule has 0 spiro atoms. The van der Waals surface area contributed by atoms with Crippen LogP contribution in [0.3, 0.4) is 0 Å². The third-order valence-electron chi connectivity index (χ3n) is 6.58. The van der Waals surface area contributed by atoms with Crippen LogP contribution in [0.25, 0.3) is 0 Å². The number of benzene rings is 1. The molecule has 34 heavy (non-hydrogen) atoms. The molecule has 2 atom stereocenters. The van der Waals surface area contributed by atoms with Gasteiger partial charge in [-0.1, -0.05) is 22.4 Å². The van der Waals surface area contributed by atoms with Gasteiger partial charge in [-0.05, 0) is 50.3 Å². The van der Waals surface area contributed by atoms with Gasteiger partial charge in [0.05, 0.1) is 35.3 Å². The second-order valence-corrected chi connectivity index (χ2v) is 9.65. The predicted molar refractivity (Wildman–Crippen MR) is 125 cm³/mol. The van der Waals surface area contributed by atoms with Crippen molar-refractivity contribution in [2.45, 2.75) is 39.3 Å². The van der Waals surface area contributed by atoms with Crippen molar-refractivity contribution in [1.82, 2.24) is 20.5 Å². The van der Waals surface area contributed by atoms with E-state index in [1.807, 2.05) is 36.6 Å². The zero-order valence-electron chi connectivity index (χ0n) is 19.0. The third-order valence-corrected chi connectivity index (χ3v) is 7.62. The van der Waals surface area contributed by atoms with Gasteiger partial charge in [-0.25, -0.2) is 4.63 Å². The minimum absolute atomic E-state index is 0.0741. The summed E-state index contributed by atoms with van der Waals surface area (Å²) in [4.78, 5) is 43.9. The molecule has 3 aromatic rings. The van der Waals surface area contributed by atoms with E-state index in [4.69, 9.17) is 0 Å². The fraction of sp³-hybridized carbons (Fsp3) is 0.375. The summed E-state index contributed by atoms with van der Waals surface area (Å²) in [5.41, 5.74) is 2.82. The average Bonchev–Trinajstić information content (AvgIpc) is 3.58. The Hall–Kier alpha value is -3.53. The first-order valence-corrected chi connectivity index (χ1v) is 12.2. The Morgan fingerprint density at radius 3 is 2.82 bits per heavy atom. The van der Waals surface area contributed by atoms with E-state index in [0.717, 1.165) is 17.7 Å². The topological polar surface area (TPSA) is 109 Å². The average molecular weight is 480 g/mol. The molecule has 2 aliphatic rings. The number of rotatable bonds is 6. The number of imide groups is 1. The van der Waals surface area contributed by atoms with Crippen LogP contribution < -0.4 is 10.2 Å². The Labute approximate surface area is 200 Å². The molecule has 0 unspecified atom stereocenters. The maximum atomic E-state index is 13.5. The number of thiophene rings is 1. The summed E-state index contributed by atoms with van der Waals surface area (Å²) in [5.74, 6) is -0.865. The molecule has 4 heterocycles. The van der Waals surface area contributed by atoms with Crippen molar-refractivity contribution >= 4 is 34.7 Å². The molecule has 9 nitrogen and oxygen atoms in total. The standard InChI is InChI=1S/C24H25N5O4S/c1-14-18(27-33-26-14)12-25-22(30)16-6-4-10-28(13-16)19-8-3-7-17-21(19)24(32)29(23(17)31)15(2)20-9-5-11-34-20/h3,5,7-9,11,15-16H,4,6,10,12-13H2,1-2H3,(H,25,30)/t15-,16-/m1/s1. The van der Waals surface area contributed by atoms with Crippen LogP contribution in [0.1, 0.15) is 62.8 Å². The van der Waals surface area contributed by atoms with Gasteiger partial charge in [0.25, 0.3) is 11.8 Å². The molecule has 3 amide bonds. The largest absolute Gasteiger partial charge is 0.370 e. The number of carbonyl (C=O) groups excluding carboxylic acids is 3. The molecule has 10 heteroatoms. The van der Waals surface area contributed by atoms with Crippen molar-refractivity contribution in [2.24, 2.45) is 5.92 Å². The first-order valence-electron chi connectivity index (χ1n) is 11.3. The minimum atomic E-state index is -0.338. The lowest BCUT2D eigenvalue weighted by Crippen LogP contribution is -2.43. The summed E-state index contributed by atoms with van der Waals surface area (Å²) >= 11 is 1.53. The monoisotopic (exact) mass is 479 g/mol. The highest BCUT2D eigenvalue weighted by atomic mass is 32.1. The highest BCUT2D eigenvalue weighted by Crippen LogP contribution is 2.38. The SMILES string of the molecule is Cc1nonc1CNC(=O)[C@@H]1CCCN(c2cccc3c2C(=O)N([C@H](C)c2cccs2)C3=O)C1. The van der Waals surface area contributed by atoms with Gasteiger partial charge in [0.15, 0.2) is 0 Å². The maximum Gasteiger partial charge on any atom is 0.264 e. The van der Waals surface area contributed by atoms with Gasteiger partial charge in [0, 0.05) is 18.0 Å². The number of nitrogens with one attached hydrogen (secondary N) is 1. The van der Waals surface area contributed by atoms with Gasteiger partial charge in [-0.15, -0.1) is 11.3 Å². The summed E-state index contributed by atoms with van der Waals surface area (Å²) in [5, 5.41) is 12.4. The number of hydrogen-bond donors (Lipinski definition) is 1. The van der Waals surface area contributed by atoms with E-state index in [1.165, 1.54) is 16.2 Å². The lowest BCUT2D eigenvalue weighted by Gasteiger charge is -2.34. The zero-order chi connectivity index (χ0) is 23.8. The van der Waals surface area contributed by atoms with Crippen molar-refractivity contribution < 1.29 is 19.0 Å². The number of anilines is 1. The fourth-order valence-electron chi connectivity index (χ4n) is 4.69. The molecule has 1 saturated heterocycles. The van der Waals surface area contributed by atoms with Crippen molar-refractivity contribution in [3.8, 4) is 0 Å². The molecule has 1 N–H and O–H groups in total. The van der Waals surface area contributed by atoms with Gasteiger partial charge >= 0.3 is 0 Å². The van der Waals surface area contributed by atoms with Gasteiger partial charge in [-0.2, -0.15) is 0 Å². The highest BCUT2D eigenvalue weighted by molar-refractivity contribution is 7.10. The molecule has 5 rings (SSSR count). The molecule has 176 valence electrons. The maximum absolute atomic E-state index is 13.5. The van der Waals surface area contributed by atoms with Gasteiger partial charge in [-0.3, -0.25) is 19.3 Å². The van der Waals surface area contributed by atoms with Crippen LogP contribution in [0, 0.1) is 12.8 Å². The Kier molecular flexibility index (Phi) is 5.91. The van der Waals surface area contributed by atoms with Gasteiger partial charge in [0.1, 0.15) is 11.4 Å². The van der Waals surface area contributed by atoms with Gasteiger partial charge < -0.3 is 10.2 Å². The number of nitrogens with zero attached hydrogens (tertiary/aromatic N) is 4. The highest BCUT2D eigenvalue weighted by Gasteiger charge is 2.42. The van der Waals surface area contributed by atoms with Crippen LogP contribution in [-0.2, 0) is 11.3 Å². The van der Waals surface area contributed by atoms with Gasteiger partial charge in [0.2, 0.25) is 5.91 Å². The van der Waals surface area contributed by atoms with Crippen LogP contribution in [0.2, 0.25) is 0 Å². The lowest BCUT2D eigenvalue weighted by atomic mass is 9.95. The fourth-order valence-corrected chi connectivity index (χ4v) is 5.47. The molecule has 1 aromatic carbocycles. The zero-order valence-corrected chi connectivity index (χ0v) is 19.8. The second kappa shape index (κ2) is 9.02. The first-order chi connectivity index (χ1) is 16.5. The van der Waals surface area contributed by atoms with E-state index in [0.29, 0.717) is 41.3 Å². The Bertz CT molecular complexity index is 1240. The molecule has 0 aliphatic carbocycles. The number of aryl methyl sites for hydroxylation is 1. The van der Waals surface area contributed by atoms with E-state index in [-0.39, 0.29) is 36.2 Å². The molecule has 0 saturated carbocycles. The second-order valence-electron chi connectivity index (χ2n) is 8.67. The molecular formula is C24H25N5O4S. The van der Waals surface area contributed by atoms with Crippen molar-refractivity contribution in [3.63, 3.8) is 0 Å². The molecule has 0 bridgehead atoms. The van der Waals surface area contributed by atoms with E-state index >= 15 is 0 Å². The summed E-state index contributed by atoms with van der Waals surface area (Å²) in [6.07, 6.45) is 1.56. The summed E-state index contributed by atoms with van der Waals surface area (Å²) < 4.78 is 4.69. The van der Waals surface area contributed by atoms with E-state index in [1.54, 1.807) is 13.0 Å². The van der Waals surface area contributed by atoms with Crippen LogP contribution >= 0.6 is 11.3 Å². The van der Waals surface area contributed by atoms with E-state index < -0.39 is 0 Å². The predicted octanol–water partition coefficient (Wildman–Crippen LogP) is 3.33. The van der Waals surface area contributed by atoms with Crippen molar-refractivity contribution in [1.29, 1.82) is 0 Å². The summed E-state index contributed by atoms with van der Waals surface area (Å²) in [6.45, 7) is 5.10. The molecule has 0 radical (unpaired) electrons.